The Bertz CT molecular complexity index is 523. The third-order valence-electron chi connectivity index (χ3n) is 2.26. The molecule has 8 heteroatoms. The van der Waals surface area contributed by atoms with Crippen LogP contribution in [0.3, 0.4) is 0 Å². The molecule has 0 bridgehead atoms. The Labute approximate surface area is 110 Å². The SMILES string of the molecule is O=C(c1ccno1)N(Cc1ccsc1)CC(F)(F)F. The topological polar surface area (TPSA) is 46.3 Å². The minimum atomic E-state index is -4.47. The van der Waals surface area contributed by atoms with Crippen molar-refractivity contribution in [1.82, 2.24) is 10.1 Å². The number of carbonyl (C=O) groups excluding carboxylic acids is 1. The molecule has 0 spiro atoms. The predicted molar refractivity (Wildman–Crippen MR) is 61.6 cm³/mol. The van der Waals surface area contributed by atoms with E-state index < -0.39 is 18.6 Å². The zero-order valence-corrected chi connectivity index (χ0v) is 10.4. The number of halogens is 3. The van der Waals surface area contributed by atoms with Crippen molar-refractivity contribution in [3.05, 3.63) is 40.4 Å². The largest absolute Gasteiger partial charge is 0.406 e. The van der Waals surface area contributed by atoms with Crippen LogP contribution in [0.15, 0.2) is 33.6 Å². The zero-order valence-electron chi connectivity index (χ0n) is 9.55. The van der Waals surface area contributed by atoms with Gasteiger partial charge in [-0.1, -0.05) is 5.16 Å². The van der Waals surface area contributed by atoms with Gasteiger partial charge in [-0.2, -0.15) is 24.5 Å². The van der Waals surface area contributed by atoms with Gasteiger partial charge in [-0.25, -0.2) is 0 Å². The second-order valence-electron chi connectivity index (χ2n) is 3.78. The lowest BCUT2D eigenvalue weighted by molar-refractivity contribution is -0.141. The quantitative estimate of drug-likeness (QED) is 0.869. The molecule has 0 saturated carbocycles. The van der Waals surface area contributed by atoms with Crippen molar-refractivity contribution in [3.8, 4) is 0 Å². The van der Waals surface area contributed by atoms with Crippen LogP contribution in [0.2, 0.25) is 0 Å². The van der Waals surface area contributed by atoms with E-state index in [0.29, 0.717) is 10.5 Å². The highest BCUT2D eigenvalue weighted by Crippen LogP contribution is 2.20. The fourth-order valence-electron chi connectivity index (χ4n) is 1.50. The van der Waals surface area contributed by atoms with E-state index in [1.165, 1.54) is 23.6 Å². The van der Waals surface area contributed by atoms with Gasteiger partial charge in [0.1, 0.15) is 6.54 Å². The van der Waals surface area contributed by atoms with Gasteiger partial charge in [-0.15, -0.1) is 0 Å². The monoisotopic (exact) mass is 290 g/mol. The summed E-state index contributed by atoms with van der Waals surface area (Å²) in [4.78, 5) is 12.6. The molecule has 2 rings (SSSR count). The molecule has 4 nitrogen and oxygen atoms in total. The lowest BCUT2D eigenvalue weighted by atomic mass is 10.3. The molecule has 2 aromatic heterocycles. The number of alkyl halides is 3. The van der Waals surface area contributed by atoms with E-state index in [0.717, 1.165) is 0 Å². The first-order valence-corrected chi connectivity index (χ1v) is 6.18. The highest BCUT2D eigenvalue weighted by atomic mass is 32.1. The van der Waals surface area contributed by atoms with Crippen molar-refractivity contribution in [2.75, 3.05) is 6.54 Å². The molecule has 0 unspecified atom stereocenters. The van der Waals surface area contributed by atoms with E-state index in [-0.39, 0.29) is 12.3 Å². The average molecular weight is 290 g/mol. The molecule has 19 heavy (non-hydrogen) atoms. The number of nitrogens with zero attached hydrogens (tertiary/aromatic N) is 2. The lowest BCUT2D eigenvalue weighted by Gasteiger charge is -2.22. The molecule has 102 valence electrons. The maximum atomic E-state index is 12.5. The van der Waals surface area contributed by atoms with Crippen LogP contribution in [0.4, 0.5) is 13.2 Å². The van der Waals surface area contributed by atoms with Gasteiger partial charge >= 0.3 is 6.18 Å². The molecular formula is C11H9F3N2O2S. The van der Waals surface area contributed by atoms with E-state index in [2.05, 4.69) is 9.68 Å². The van der Waals surface area contributed by atoms with Crippen LogP contribution in [0.1, 0.15) is 16.1 Å². The first kappa shape index (κ1) is 13.6. The summed E-state index contributed by atoms with van der Waals surface area (Å²) >= 11 is 1.35. The lowest BCUT2D eigenvalue weighted by Crippen LogP contribution is -2.38. The molecule has 0 aliphatic rings. The van der Waals surface area contributed by atoms with Crippen molar-refractivity contribution >= 4 is 17.2 Å². The maximum Gasteiger partial charge on any atom is 0.406 e. The summed E-state index contributed by atoms with van der Waals surface area (Å²) in [6.45, 7) is -1.45. The number of hydrogen-bond donors (Lipinski definition) is 0. The van der Waals surface area contributed by atoms with Crippen molar-refractivity contribution in [2.45, 2.75) is 12.7 Å². The Hall–Kier alpha value is -1.83. The predicted octanol–water partition coefficient (Wildman–Crippen LogP) is 2.94. The van der Waals surface area contributed by atoms with Gasteiger partial charge in [0.2, 0.25) is 5.76 Å². The molecule has 0 aromatic carbocycles. The van der Waals surface area contributed by atoms with Gasteiger partial charge in [-0.05, 0) is 22.4 Å². The van der Waals surface area contributed by atoms with Gasteiger partial charge in [0, 0.05) is 12.6 Å². The van der Waals surface area contributed by atoms with E-state index in [4.69, 9.17) is 0 Å². The summed E-state index contributed by atoms with van der Waals surface area (Å²) in [5, 5.41) is 6.75. The summed E-state index contributed by atoms with van der Waals surface area (Å²) in [6.07, 6.45) is -3.25. The van der Waals surface area contributed by atoms with Gasteiger partial charge in [0.05, 0.1) is 6.20 Å². The normalized spacial score (nSPS) is 11.5. The highest BCUT2D eigenvalue weighted by molar-refractivity contribution is 7.07. The van der Waals surface area contributed by atoms with E-state index in [9.17, 15) is 18.0 Å². The molecule has 1 amide bonds. The van der Waals surface area contributed by atoms with E-state index >= 15 is 0 Å². The van der Waals surface area contributed by atoms with Crippen molar-refractivity contribution < 1.29 is 22.5 Å². The highest BCUT2D eigenvalue weighted by Gasteiger charge is 2.34. The fraction of sp³-hybridized carbons (Fsp3) is 0.273. The van der Waals surface area contributed by atoms with Crippen LogP contribution in [-0.2, 0) is 6.54 Å². The summed E-state index contributed by atoms with van der Waals surface area (Å²) in [5.41, 5.74) is 0.641. The second kappa shape index (κ2) is 5.43. The Morgan fingerprint density at radius 3 is 2.74 bits per heavy atom. The number of hydrogen-bond acceptors (Lipinski definition) is 4. The van der Waals surface area contributed by atoms with E-state index in [1.54, 1.807) is 16.8 Å². The van der Waals surface area contributed by atoms with Crippen molar-refractivity contribution in [2.24, 2.45) is 0 Å². The van der Waals surface area contributed by atoms with Crippen LogP contribution in [-0.4, -0.2) is 28.7 Å². The number of aromatic nitrogens is 1. The summed E-state index contributed by atoms with van der Waals surface area (Å²) in [6, 6.07) is 2.90. The molecule has 0 aliphatic carbocycles. The third kappa shape index (κ3) is 3.82. The molecule has 0 radical (unpaired) electrons. The van der Waals surface area contributed by atoms with Gasteiger partial charge in [0.15, 0.2) is 0 Å². The van der Waals surface area contributed by atoms with Crippen LogP contribution in [0, 0.1) is 0 Å². The smallest absolute Gasteiger partial charge is 0.351 e. The number of carbonyl (C=O) groups is 1. The van der Waals surface area contributed by atoms with Gasteiger partial charge < -0.3 is 9.42 Å². The number of thiophene rings is 1. The molecule has 0 saturated heterocycles. The third-order valence-corrected chi connectivity index (χ3v) is 2.99. The standard InChI is InChI=1S/C11H9F3N2O2S/c12-11(13,14)7-16(5-8-2-4-19-6-8)10(17)9-1-3-15-18-9/h1-4,6H,5,7H2. The van der Waals surface area contributed by atoms with Gasteiger partial charge in [0.25, 0.3) is 5.91 Å². The average Bonchev–Trinajstić information content (AvgIpc) is 2.98. The van der Waals surface area contributed by atoms with Crippen molar-refractivity contribution in [1.29, 1.82) is 0 Å². The molecule has 0 N–H and O–H groups in total. The fourth-order valence-corrected chi connectivity index (χ4v) is 2.16. The molecule has 2 aromatic rings. The minimum Gasteiger partial charge on any atom is -0.351 e. The Morgan fingerprint density at radius 2 is 2.21 bits per heavy atom. The first-order valence-electron chi connectivity index (χ1n) is 5.23. The van der Waals surface area contributed by atoms with Crippen LogP contribution in [0.25, 0.3) is 0 Å². The van der Waals surface area contributed by atoms with Crippen LogP contribution in [0.5, 0.6) is 0 Å². The number of rotatable bonds is 4. The van der Waals surface area contributed by atoms with Crippen LogP contribution >= 0.6 is 11.3 Å². The molecular weight excluding hydrogens is 281 g/mol. The van der Waals surface area contributed by atoms with Gasteiger partial charge in [-0.3, -0.25) is 4.79 Å². The zero-order chi connectivity index (χ0) is 13.9. The Kier molecular flexibility index (Phi) is 3.89. The molecule has 0 fully saturated rings. The summed E-state index contributed by atoms with van der Waals surface area (Å²) < 4.78 is 42.1. The second-order valence-corrected chi connectivity index (χ2v) is 4.56. The molecule has 0 aliphatic heterocycles. The Balaban J connectivity index is 2.16. The van der Waals surface area contributed by atoms with Crippen LogP contribution < -0.4 is 0 Å². The van der Waals surface area contributed by atoms with Crippen molar-refractivity contribution in [3.63, 3.8) is 0 Å². The molecule has 0 atom stereocenters. The van der Waals surface area contributed by atoms with E-state index in [1.807, 2.05) is 0 Å². The first-order chi connectivity index (χ1) is 8.96. The molecule has 2 heterocycles. The maximum absolute atomic E-state index is 12.5. The number of amides is 1. The summed E-state index contributed by atoms with van der Waals surface area (Å²) in [5.74, 6) is -1.04. The Morgan fingerprint density at radius 1 is 1.42 bits per heavy atom. The summed E-state index contributed by atoms with van der Waals surface area (Å²) in [7, 11) is 0. The minimum absolute atomic E-state index is 0.122.